The van der Waals surface area contributed by atoms with Gasteiger partial charge in [-0.1, -0.05) is 43.3 Å². The predicted octanol–water partition coefficient (Wildman–Crippen LogP) is 4.83. The molecule has 0 saturated heterocycles. The van der Waals surface area contributed by atoms with Crippen molar-refractivity contribution in [2.45, 2.75) is 39.7 Å². The van der Waals surface area contributed by atoms with Gasteiger partial charge < -0.3 is 14.8 Å². The van der Waals surface area contributed by atoms with Crippen LogP contribution in [0.5, 0.6) is 0 Å². The Labute approximate surface area is 176 Å². The zero-order valence-electron chi connectivity index (χ0n) is 17.5. The Balaban J connectivity index is 2.22. The molecule has 0 saturated carbocycles. The molecule has 2 rings (SSSR count). The van der Waals surface area contributed by atoms with Crippen LogP contribution in [0.4, 0.5) is 5.69 Å². The average Bonchev–Trinajstić information content (AvgIpc) is 2.75. The second kappa shape index (κ2) is 11.6. The molecule has 0 fully saturated rings. The summed E-state index contributed by atoms with van der Waals surface area (Å²) in [7, 11) is 0. The minimum Gasteiger partial charge on any atom is -0.462 e. The second-order valence-corrected chi connectivity index (χ2v) is 6.60. The van der Waals surface area contributed by atoms with Gasteiger partial charge in [0, 0.05) is 23.9 Å². The molecule has 0 amide bonds. The van der Waals surface area contributed by atoms with Crippen LogP contribution < -0.4 is 5.32 Å². The Kier molecular flexibility index (Phi) is 8.81. The molecular formula is C24H27NO5. The molecule has 1 unspecified atom stereocenters. The number of esters is 2. The van der Waals surface area contributed by atoms with E-state index < -0.39 is 18.0 Å². The zero-order valence-corrected chi connectivity index (χ0v) is 17.5. The molecule has 6 nitrogen and oxygen atoms in total. The van der Waals surface area contributed by atoms with Crippen LogP contribution in [0, 0.1) is 0 Å². The maximum absolute atomic E-state index is 12.4. The van der Waals surface area contributed by atoms with Gasteiger partial charge in [0.05, 0.1) is 12.2 Å². The summed E-state index contributed by atoms with van der Waals surface area (Å²) in [5.41, 5.74) is 1.76. The summed E-state index contributed by atoms with van der Waals surface area (Å²) >= 11 is 0. The third-order valence-electron chi connectivity index (χ3n) is 4.34. The summed E-state index contributed by atoms with van der Waals surface area (Å²) in [4.78, 5) is 36.9. The first-order valence-corrected chi connectivity index (χ1v) is 9.99. The molecule has 158 valence electrons. The van der Waals surface area contributed by atoms with E-state index in [1.54, 1.807) is 44.2 Å². The second-order valence-electron chi connectivity index (χ2n) is 6.60. The van der Waals surface area contributed by atoms with E-state index in [0.29, 0.717) is 23.2 Å². The van der Waals surface area contributed by atoms with Gasteiger partial charge in [-0.3, -0.25) is 4.79 Å². The molecule has 2 aromatic carbocycles. The van der Waals surface area contributed by atoms with Gasteiger partial charge in [0.25, 0.3) is 0 Å². The van der Waals surface area contributed by atoms with Crippen molar-refractivity contribution in [1.29, 1.82) is 0 Å². The zero-order chi connectivity index (χ0) is 21.9. The molecule has 0 aliphatic heterocycles. The van der Waals surface area contributed by atoms with Crippen molar-refractivity contribution >= 4 is 23.4 Å². The number of benzene rings is 2. The first-order chi connectivity index (χ1) is 14.5. The van der Waals surface area contributed by atoms with Gasteiger partial charge in [0.2, 0.25) is 0 Å². The van der Waals surface area contributed by atoms with E-state index in [1.165, 1.54) is 6.20 Å². The van der Waals surface area contributed by atoms with Gasteiger partial charge in [-0.2, -0.15) is 0 Å². The van der Waals surface area contributed by atoms with E-state index >= 15 is 0 Å². The predicted molar refractivity (Wildman–Crippen MR) is 115 cm³/mol. The van der Waals surface area contributed by atoms with Gasteiger partial charge in [-0.25, -0.2) is 9.59 Å². The van der Waals surface area contributed by atoms with E-state index in [2.05, 4.69) is 5.32 Å². The smallest absolute Gasteiger partial charge is 0.343 e. The van der Waals surface area contributed by atoms with Gasteiger partial charge in [0.15, 0.2) is 5.78 Å². The molecular weight excluding hydrogens is 382 g/mol. The minimum atomic E-state index is -0.663. The molecule has 1 N–H and O–H groups in total. The number of hydrogen-bond acceptors (Lipinski definition) is 6. The third-order valence-corrected chi connectivity index (χ3v) is 4.34. The number of Topliss-reactive ketones (excluding diaryl/α,β-unsaturated/α-hetero) is 1. The number of nitrogens with one attached hydrogen (secondary N) is 1. The topological polar surface area (TPSA) is 81.7 Å². The summed E-state index contributed by atoms with van der Waals surface area (Å²) in [5.74, 6) is -1.38. The number of anilines is 1. The standard InChI is InChI=1S/C24H27NO5/c1-4-11-22(26)20(24(28)29-5-2)16-25-21-15-10-9-14-19(21)17(3)30-23(27)18-12-7-6-8-13-18/h6-10,12-17,25H,4-5,11H2,1-3H3. The van der Waals surface area contributed by atoms with Crippen molar-refractivity contribution in [2.24, 2.45) is 0 Å². The lowest BCUT2D eigenvalue weighted by Crippen LogP contribution is -2.17. The van der Waals surface area contributed by atoms with Crippen LogP contribution >= 0.6 is 0 Å². The Morgan fingerprint density at radius 2 is 1.67 bits per heavy atom. The number of rotatable bonds is 10. The number of hydrogen-bond donors (Lipinski definition) is 1. The van der Waals surface area contributed by atoms with Crippen LogP contribution in [0.1, 0.15) is 55.6 Å². The molecule has 0 spiro atoms. The minimum absolute atomic E-state index is 0.0394. The summed E-state index contributed by atoms with van der Waals surface area (Å²) in [5, 5.41) is 3.01. The molecule has 30 heavy (non-hydrogen) atoms. The van der Waals surface area contributed by atoms with Crippen molar-refractivity contribution in [3.63, 3.8) is 0 Å². The van der Waals surface area contributed by atoms with Crippen LogP contribution in [0.15, 0.2) is 66.4 Å². The van der Waals surface area contributed by atoms with E-state index in [1.807, 2.05) is 31.2 Å². The highest BCUT2D eigenvalue weighted by atomic mass is 16.5. The van der Waals surface area contributed by atoms with Crippen molar-refractivity contribution in [3.05, 3.63) is 77.5 Å². The van der Waals surface area contributed by atoms with Gasteiger partial charge in [-0.05, 0) is 38.5 Å². The van der Waals surface area contributed by atoms with Crippen molar-refractivity contribution < 1.29 is 23.9 Å². The van der Waals surface area contributed by atoms with Crippen LogP contribution in [-0.4, -0.2) is 24.3 Å². The van der Waals surface area contributed by atoms with Crippen LogP contribution in [-0.2, 0) is 19.1 Å². The molecule has 0 bridgehead atoms. The molecule has 6 heteroatoms. The van der Waals surface area contributed by atoms with Crippen LogP contribution in [0.3, 0.4) is 0 Å². The molecule has 0 radical (unpaired) electrons. The van der Waals surface area contributed by atoms with Gasteiger partial charge in [0.1, 0.15) is 11.7 Å². The number of carbonyl (C=O) groups is 3. The molecule has 0 aliphatic carbocycles. The summed E-state index contributed by atoms with van der Waals surface area (Å²) in [6, 6.07) is 16.0. The first-order valence-electron chi connectivity index (χ1n) is 9.99. The fourth-order valence-electron chi connectivity index (χ4n) is 2.82. The molecule has 0 aromatic heterocycles. The lowest BCUT2D eigenvalue weighted by Gasteiger charge is -2.17. The molecule has 2 aromatic rings. The van der Waals surface area contributed by atoms with Crippen LogP contribution in [0.2, 0.25) is 0 Å². The quantitative estimate of drug-likeness (QED) is 0.262. The first kappa shape index (κ1) is 22.9. The number of ketones is 1. The Morgan fingerprint density at radius 1 is 1.00 bits per heavy atom. The Morgan fingerprint density at radius 3 is 2.33 bits per heavy atom. The lowest BCUT2D eigenvalue weighted by atomic mass is 10.1. The Bertz CT molecular complexity index is 885. The summed E-state index contributed by atoms with van der Waals surface area (Å²) in [6.07, 6.45) is 1.69. The highest BCUT2D eigenvalue weighted by Gasteiger charge is 2.20. The van der Waals surface area contributed by atoms with E-state index in [4.69, 9.17) is 9.47 Å². The molecule has 0 aliphatic rings. The SMILES string of the molecule is CCCC(=O)C(=CNc1ccccc1C(C)OC(=O)c1ccccc1)C(=O)OCC. The molecule has 0 heterocycles. The average molecular weight is 409 g/mol. The highest BCUT2D eigenvalue weighted by molar-refractivity contribution is 6.17. The monoisotopic (exact) mass is 409 g/mol. The van der Waals surface area contributed by atoms with Gasteiger partial charge in [-0.15, -0.1) is 0 Å². The van der Waals surface area contributed by atoms with Crippen molar-refractivity contribution in [2.75, 3.05) is 11.9 Å². The number of carbonyl (C=O) groups excluding carboxylic acids is 3. The third kappa shape index (κ3) is 6.30. The number of ether oxygens (including phenoxy) is 2. The number of para-hydroxylation sites is 1. The van der Waals surface area contributed by atoms with E-state index in [-0.39, 0.29) is 24.4 Å². The fraction of sp³-hybridized carbons (Fsp3) is 0.292. The fourth-order valence-corrected chi connectivity index (χ4v) is 2.82. The Hall–Kier alpha value is -3.41. The largest absolute Gasteiger partial charge is 0.462 e. The molecule has 1 atom stereocenters. The van der Waals surface area contributed by atoms with E-state index in [9.17, 15) is 14.4 Å². The lowest BCUT2D eigenvalue weighted by molar-refractivity contribution is -0.140. The summed E-state index contributed by atoms with van der Waals surface area (Å²) in [6.45, 7) is 5.50. The van der Waals surface area contributed by atoms with Crippen LogP contribution in [0.25, 0.3) is 0 Å². The van der Waals surface area contributed by atoms with Crippen molar-refractivity contribution in [1.82, 2.24) is 0 Å². The van der Waals surface area contributed by atoms with Crippen molar-refractivity contribution in [3.8, 4) is 0 Å². The van der Waals surface area contributed by atoms with Gasteiger partial charge >= 0.3 is 11.9 Å². The maximum atomic E-state index is 12.4. The normalized spacial score (nSPS) is 12.0. The van der Waals surface area contributed by atoms with E-state index in [0.717, 1.165) is 0 Å². The maximum Gasteiger partial charge on any atom is 0.343 e. The summed E-state index contributed by atoms with van der Waals surface area (Å²) < 4.78 is 10.6. The highest BCUT2D eigenvalue weighted by Crippen LogP contribution is 2.26.